The van der Waals surface area contributed by atoms with Gasteiger partial charge in [0.1, 0.15) is 0 Å². The highest BCUT2D eigenvalue weighted by Gasteiger charge is 2.31. The van der Waals surface area contributed by atoms with Crippen LogP contribution in [0.3, 0.4) is 0 Å². The summed E-state index contributed by atoms with van der Waals surface area (Å²) in [6, 6.07) is 6.82. The molecule has 0 bridgehead atoms. The summed E-state index contributed by atoms with van der Waals surface area (Å²) in [5.41, 5.74) is 6.43. The van der Waals surface area contributed by atoms with Gasteiger partial charge in [-0.15, -0.1) is 0 Å². The number of sulfone groups is 1. The van der Waals surface area contributed by atoms with Crippen molar-refractivity contribution in [2.24, 2.45) is 11.7 Å². The Labute approximate surface area is 126 Å². The molecule has 3 N–H and O–H groups in total. The molecule has 2 unspecified atom stereocenters. The van der Waals surface area contributed by atoms with Crippen molar-refractivity contribution in [2.45, 2.75) is 30.8 Å². The first-order valence-corrected chi connectivity index (χ1v) is 9.00. The summed E-state index contributed by atoms with van der Waals surface area (Å²) >= 11 is 0. The van der Waals surface area contributed by atoms with Gasteiger partial charge in [0, 0.05) is 19.1 Å². The van der Waals surface area contributed by atoms with Crippen LogP contribution in [0.15, 0.2) is 29.2 Å². The summed E-state index contributed by atoms with van der Waals surface area (Å²) < 4.78 is 24.7. The highest BCUT2D eigenvalue weighted by atomic mass is 32.2. The smallest absolute Gasteiger partial charge is 0.179 e. The zero-order valence-electron chi connectivity index (χ0n) is 12.4. The fourth-order valence-electron chi connectivity index (χ4n) is 2.85. The molecular formula is C15H24N2O3S. The first-order chi connectivity index (χ1) is 9.97. The molecule has 0 radical (unpaired) electrons. The molecule has 0 spiro atoms. The lowest BCUT2D eigenvalue weighted by atomic mass is 10.0. The molecule has 0 saturated carbocycles. The van der Waals surface area contributed by atoms with Crippen LogP contribution in [0.1, 0.15) is 18.9 Å². The minimum absolute atomic E-state index is 0.0815. The van der Waals surface area contributed by atoms with Crippen LogP contribution in [-0.2, 0) is 16.4 Å². The fraction of sp³-hybridized carbons (Fsp3) is 0.600. The maximum absolute atomic E-state index is 12.3. The maximum Gasteiger partial charge on any atom is 0.179 e. The van der Waals surface area contributed by atoms with E-state index in [2.05, 4.69) is 11.8 Å². The lowest BCUT2D eigenvalue weighted by molar-refractivity contribution is 0.144. The molecule has 6 heteroatoms. The largest absolute Gasteiger partial charge is 0.395 e. The fourth-order valence-corrected chi connectivity index (χ4v) is 4.11. The Morgan fingerprint density at radius 1 is 1.33 bits per heavy atom. The van der Waals surface area contributed by atoms with Crippen LogP contribution in [0.5, 0.6) is 0 Å². The molecule has 5 nitrogen and oxygen atoms in total. The molecule has 1 aliphatic rings. The summed E-state index contributed by atoms with van der Waals surface area (Å²) in [7, 11) is -3.29. The maximum atomic E-state index is 12.3. The summed E-state index contributed by atoms with van der Waals surface area (Å²) in [6.45, 7) is 3.92. The molecular weight excluding hydrogens is 288 g/mol. The molecule has 2 atom stereocenters. The molecule has 21 heavy (non-hydrogen) atoms. The molecule has 1 saturated heterocycles. The molecule has 1 aliphatic heterocycles. The summed E-state index contributed by atoms with van der Waals surface area (Å²) in [6.07, 6.45) is 1.01. The van der Waals surface area contributed by atoms with Crippen molar-refractivity contribution in [3.05, 3.63) is 29.8 Å². The monoisotopic (exact) mass is 312 g/mol. The van der Waals surface area contributed by atoms with Gasteiger partial charge in [-0.3, -0.25) is 4.90 Å². The van der Waals surface area contributed by atoms with E-state index >= 15 is 0 Å². The zero-order chi connectivity index (χ0) is 15.5. The second-order valence-corrected chi connectivity index (χ2v) is 7.83. The van der Waals surface area contributed by atoms with Crippen LogP contribution in [0.25, 0.3) is 0 Å². The van der Waals surface area contributed by atoms with Gasteiger partial charge in [0.15, 0.2) is 9.84 Å². The Morgan fingerprint density at radius 3 is 2.57 bits per heavy atom. The van der Waals surface area contributed by atoms with E-state index in [-0.39, 0.29) is 18.4 Å². The topological polar surface area (TPSA) is 83.6 Å². The van der Waals surface area contributed by atoms with Crippen LogP contribution in [0.2, 0.25) is 0 Å². The highest BCUT2D eigenvalue weighted by molar-refractivity contribution is 7.91. The zero-order valence-corrected chi connectivity index (χ0v) is 13.2. The van der Waals surface area contributed by atoms with Crippen molar-refractivity contribution in [1.82, 2.24) is 4.90 Å². The third-order valence-electron chi connectivity index (χ3n) is 4.35. The van der Waals surface area contributed by atoms with Gasteiger partial charge in [0.2, 0.25) is 0 Å². The SMILES string of the molecule is CC1CCN(CCS(=O)(=O)c2ccc(CN)cc2)C1CO. The predicted molar refractivity (Wildman–Crippen MR) is 82.6 cm³/mol. The van der Waals surface area contributed by atoms with Crippen LogP contribution in [0, 0.1) is 5.92 Å². The number of rotatable bonds is 6. The number of nitrogens with zero attached hydrogens (tertiary/aromatic N) is 1. The second-order valence-electron chi connectivity index (χ2n) is 5.72. The first-order valence-electron chi connectivity index (χ1n) is 7.34. The average molecular weight is 312 g/mol. The van der Waals surface area contributed by atoms with Gasteiger partial charge in [-0.1, -0.05) is 19.1 Å². The molecule has 0 amide bonds. The molecule has 1 aromatic rings. The Balaban J connectivity index is 2.00. The molecule has 1 aromatic carbocycles. The molecule has 118 valence electrons. The van der Waals surface area contributed by atoms with E-state index in [0.29, 0.717) is 23.9 Å². The van der Waals surface area contributed by atoms with E-state index in [1.807, 2.05) is 0 Å². The van der Waals surface area contributed by atoms with E-state index in [4.69, 9.17) is 5.73 Å². The van der Waals surface area contributed by atoms with Crippen molar-refractivity contribution in [2.75, 3.05) is 25.4 Å². The number of likely N-dealkylation sites (tertiary alicyclic amines) is 1. The molecule has 0 aliphatic carbocycles. The normalized spacial score (nSPS) is 23.6. The van der Waals surface area contributed by atoms with Crippen molar-refractivity contribution >= 4 is 9.84 Å². The number of aliphatic hydroxyl groups is 1. The third kappa shape index (κ3) is 3.83. The Hall–Kier alpha value is -0.950. The minimum Gasteiger partial charge on any atom is -0.395 e. The summed E-state index contributed by atoms with van der Waals surface area (Å²) in [4.78, 5) is 2.42. The van der Waals surface area contributed by atoms with Crippen LogP contribution in [-0.4, -0.2) is 49.9 Å². The van der Waals surface area contributed by atoms with E-state index in [1.54, 1.807) is 24.3 Å². The summed E-state index contributed by atoms with van der Waals surface area (Å²) in [5.74, 6) is 0.500. The average Bonchev–Trinajstić information content (AvgIpc) is 2.85. The van der Waals surface area contributed by atoms with E-state index in [0.717, 1.165) is 18.5 Å². The van der Waals surface area contributed by atoms with Crippen molar-refractivity contribution < 1.29 is 13.5 Å². The molecule has 2 rings (SSSR count). The predicted octanol–water partition coefficient (Wildman–Crippen LogP) is 0.622. The van der Waals surface area contributed by atoms with E-state index < -0.39 is 9.84 Å². The third-order valence-corrected chi connectivity index (χ3v) is 6.06. The second kappa shape index (κ2) is 6.87. The lowest BCUT2D eigenvalue weighted by Crippen LogP contribution is -2.38. The van der Waals surface area contributed by atoms with E-state index in [9.17, 15) is 13.5 Å². The van der Waals surface area contributed by atoms with Gasteiger partial charge >= 0.3 is 0 Å². The number of nitrogens with two attached hydrogens (primary N) is 1. The van der Waals surface area contributed by atoms with Crippen molar-refractivity contribution in [1.29, 1.82) is 0 Å². The Bertz CT molecular complexity index is 557. The summed E-state index contributed by atoms with van der Waals surface area (Å²) in [5, 5.41) is 9.41. The van der Waals surface area contributed by atoms with Crippen LogP contribution in [0.4, 0.5) is 0 Å². The minimum atomic E-state index is -3.29. The van der Waals surface area contributed by atoms with Gasteiger partial charge in [0.25, 0.3) is 0 Å². The van der Waals surface area contributed by atoms with Gasteiger partial charge < -0.3 is 10.8 Å². The van der Waals surface area contributed by atoms with Gasteiger partial charge in [-0.2, -0.15) is 0 Å². The number of aliphatic hydroxyl groups excluding tert-OH is 1. The van der Waals surface area contributed by atoms with Gasteiger partial charge in [-0.25, -0.2) is 8.42 Å². The van der Waals surface area contributed by atoms with Crippen molar-refractivity contribution in [3.8, 4) is 0 Å². The number of hydrogen-bond donors (Lipinski definition) is 2. The molecule has 1 fully saturated rings. The first kappa shape index (κ1) is 16.4. The number of hydrogen-bond acceptors (Lipinski definition) is 5. The van der Waals surface area contributed by atoms with Gasteiger partial charge in [0.05, 0.1) is 17.3 Å². The van der Waals surface area contributed by atoms with Crippen LogP contribution >= 0.6 is 0 Å². The van der Waals surface area contributed by atoms with E-state index in [1.165, 1.54) is 0 Å². The Kier molecular flexibility index (Phi) is 5.37. The number of benzene rings is 1. The Morgan fingerprint density at radius 2 is 2.00 bits per heavy atom. The van der Waals surface area contributed by atoms with Crippen molar-refractivity contribution in [3.63, 3.8) is 0 Å². The quantitative estimate of drug-likeness (QED) is 0.804. The molecule has 0 aromatic heterocycles. The van der Waals surface area contributed by atoms with Crippen LogP contribution < -0.4 is 5.73 Å². The van der Waals surface area contributed by atoms with Gasteiger partial charge in [-0.05, 0) is 36.6 Å². The lowest BCUT2D eigenvalue weighted by Gasteiger charge is -2.24. The molecule has 1 heterocycles. The standard InChI is InChI=1S/C15H24N2O3S/c1-12-6-7-17(15(12)11-18)8-9-21(19,20)14-4-2-13(10-16)3-5-14/h2-5,12,15,18H,6-11,16H2,1H3. The highest BCUT2D eigenvalue weighted by Crippen LogP contribution is 2.23.